The van der Waals surface area contributed by atoms with Gasteiger partial charge in [-0.1, -0.05) is 24.3 Å². The van der Waals surface area contributed by atoms with Gasteiger partial charge in [-0.3, -0.25) is 4.79 Å². The number of fused-ring (bicyclic) bond motifs is 1. The first-order chi connectivity index (χ1) is 11.8. The van der Waals surface area contributed by atoms with Crippen LogP contribution in [-0.2, 0) is 14.2 Å². The molecule has 1 fully saturated rings. The van der Waals surface area contributed by atoms with E-state index in [9.17, 15) is 4.79 Å². The number of rotatable bonds is 6. The molecule has 1 saturated heterocycles. The van der Waals surface area contributed by atoms with Crippen LogP contribution in [0.25, 0.3) is 10.8 Å². The maximum atomic E-state index is 12.2. The van der Waals surface area contributed by atoms with Crippen LogP contribution in [0.4, 0.5) is 5.69 Å². The zero-order chi connectivity index (χ0) is 16.8. The van der Waals surface area contributed by atoms with Crippen molar-refractivity contribution >= 4 is 30.0 Å². The standard InChI is InChI=1S/C17H21BN2O4/c1-22-18-19-15-6-7-16(14-5-3-2-4-13(14)15)24-12-17(21)20-8-10-23-11-9-20/h2-7,18-19H,8-12H2,1H3. The van der Waals surface area contributed by atoms with Gasteiger partial charge >= 0.3 is 7.62 Å². The zero-order valence-electron chi connectivity index (χ0n) is 13.8. The first-order valence-corrected chi connectivity index (χ1v) is 8.02. The van der Waals surface area contributed by atoms with Crippen LogP contribution in [0.5, 0.6) is 5.75 Å². The lowest BCUT2D eigenvalue weighted by atomic mass is 10.1. The lowest BCUT2D eigenvalue weighted by molar-refractivity contribution is -0.137. The maximum absolute atomic E-state index is 12.2. The molecule has 0 bridgehead atoms. The molecule has 2 aromatic rings. The van der Waals surface area contributed by atoms with E-state index in [1.165, 1.54) is 0 Å². The van der Waals surface area contributed by atoms with E-state index in [0.29, 0.717) is 39.7 Å². The Morgan fingerprint density at radius 1 is 1.21 bits per heavy atom. The number of hydrogen-bond donors (Lipinski definition) is 1. The summed E-state index contributed by atoms with van der Waals surface area (Å²) in [5.74, 6) is 0.694. The molecule has 1 aliphatic heterocycles. The van der Waals surface area contributed by atoms with Gasteiger partial charge in [0.05, 0.1) is 13.2 Å². The van der Waals surface area contributed by atoms with Gasteiger partial charge in [0.25, 0.3) is 5.91 Å². The number of carbonyl (C=O) groups is 1. The first-order valence-electron chi connectivity index (χ1n) is 8.02. The Morgan fingerprint density at radius 3 is 2.71 bits per heavy atom. The summed E-state index contributed by atoms with van der Waals surface area (Å²) in [4.78, 5) is 14.0. The Bertz CT molecular complexity index is 704. The molecule has 126 valence electrons. The molecule has 24 heavy (non-hydrogen) atoms. The molecule has 0 spiro atoms. The molecule has 0 aromatic heterocycles. The van der Waals surface area contributed by atoms with Crippen LogP contribution in [0.2, 0.25) is 0 Å². The van der Waals surface area contributed by atoms with Crippen molar-refractivity contribution in [1.29, 1.82) is 0 Å². The second-order valence-electron chi connectivity index (χ2n) is 5.55. The lowest BCUT2D eigenvalue weighted by Crippen LogP contribution is -2.42. The van der Waals surface area contributed by atoms with E-state index in [2.05, 4.69) is 5.23 Å². The molecule has 1 amide bonds. The fourth-order valence-electron chi connectivity index (χ4n) is 2.74. The summed E-state index contributed by atoms with van der Waals surface area (Å²) >= 11 is 0. The molecule has 0 atom stereocenters. The number of nitrogens with zero attached hydrogens (tertiary/aromatic N) is 1. The number of ether oxygens (including phenoxy) is 2. The van der Waals surface area contributed by atoms with Crippen LogP contribution in [0.3, 0.4) is 0 Å². The highest BCUT2D eigenvalue weighted by atomic mass is 16.5. The third kappa shape index (κ3) is 3.80. The average molecular weight is 328 g/mol. The molecular weight excluding hydrogens is 307 g/mol. The fraction of sp³-hybridized carbons (Fsp3) is 0.353. The Labute approximate surface area is 142 Å². The van der Waals surface area contributed by atoms with Crippen LogP contribution in [-0.4, -0.2) is 58.4 Å². The van der Waals surface area contributed by atoms with Crippen LogP contribution in [0.15, 0.2) is 36.4 Å². The second-order valence-corrected chi connectivity index (χ2v) is 5.55. The van der Waals surface area contributed by atoms with Crippen molar-refractivity contribution in [2.24, 2.45) is 0 Å². The van der Waals surface area contributed by atoms with Gasteiger partial charge in [-0.25, -0.2) is 0 Å². The Hall–Kier alpha value is -2.25. The van der Waals surface area contributed by atoms with Gasteiger partial charge in [0, 0.05) is 36.7 Å². The van der Waals surface area contributed by atoms with Gasteiger partial charge in [0.2, 0.25) is 0 Å². The predicted octanol–water partition coefficient (Wildman–Crippen LogP) is 1.40. The van der Waals surface area contributed by atoms with Crippen molar-refractivity contribution in [2.75, 3.05) is 45.2 Å². The van der Waals surface area contributed by atoms with E-state index in [1.54, 1.807) is 12.0 Å². The summed E-state index contributed by atoms with van der Waals surface area (Å²) < 4.78 is 16.1. The number of hydrogen-bond acceptors (Lipinski definition) is 5. The van der Waals surface area contributed by atoms with Gasteiger partial charge in [0.1, 0.15) is 5.75 Å². The molecule has 0 aliphatic carbocycles. The summed E-state index contributed by atoms with van der Waals surface area (Å²) in [5, 5.41) is 5.21. The quantitative estimate of drug-likeness (QED) is 0.813. The minimum absolute atomic E-state index is 0.0102. The van der Waals surface area contributed by atoms with Crippen molar-refractivity contribution in [3.8, 4) is 5.75 Å². The summed E-state index contributed by atoms with van der Waals surface area (Å²) in [6.45, 7) is 2.48. The molecular formula is C17H21BN2O4. The molecule has 1 aliphatic rings. The highest BCUT2D eigenvalue weighted by Gasteiger charge is 2.17. The zero-order valence-corrected chi connectivity index (χ0v) is 13.8. The van der Waals surface area contributed by atoms with Crippen molar-refractivity contribution in [3.05, 3.63) is 36.4 Å². The van der Waals surface area contributed by atoms with Crippen LogP contribution in [0, 0.1) is 0 Å². The molecule has 7 heteroatoms. The first kappa shape index (κ1) is 16.6. The van der Waals surface area contributed by atoms with Crippen LogP contribution in [0.1, 0.15) is 0 Å². The summed E-state index contributed by atoms with van der Waals surface area (Å²) in [6, 6.07) is 11.8. The van der Waals surface area contributed by atoms with Gasteiger partial charge in [-0.15, -0.1) is 0 Å². The molecule has 6 nitrogen and oxygen atoms in total. The van der Waals surface area contributed by atoms with Crippen molar-refractivity contribution in [1.82, 2.24) is 4.90 Å². The molecule has 0 radical (unpaired) electrons. The summed E-state index contributed by atoms with van der Waals surface area (Å²) in [6.07, 6.45) is 0. The van der Waals surface area contributed by atoms with Gasteiger partial charge in [-0.05, 0) is 12.1 Å². The molecule has 1 heterocycles. The number of amides is 1. The minimum atomic E-state index is -0.0102. The van der Waals surface area contributed by atoms with Crippen LogP contribution >= 0.6 is 0 Å². The normalized spacial score (nSPS) is 14.5. The average Bonchev–Trinajstić information content (AvgIpc) is 2.65. The van der Waals surface area contributed by atoms with E-state index in [0.717, 1.165) is 16.5 Å². The van der Waals surface area contributed by atoms with E-state index < -0.39 is 0 Å². The van der Waals surface area contributed by atoms with Gasteiger partial charge < -0.3 is 24.3 Å². The molecule has 3 rings (SSSR count). The third-order valence-electron chi connectivity index (χ3n) is 4.01. The van der Waals surface area contributed by atoms with Crippen molar-refractivity contribution < 1.29 is 18.9 Å². The molecule has 0 saturated carbocycles. The molecule has 0 unspecified atom stereocenters. The van der Waals surface area contributed by atoms with Crippen molar-refractivity contribution in [3.63, 3.8) is 0 Å². The third-order valence-corrected chi connectivity index (χ3v) is 4.01. The van der Waals surface area contributed by atoms with E-state index in [1.807, 2.05) is 36.4 Å². The number of anilines is 1. The van der Waals surface area contributed by atoms with Crippen molar-refractivity contribution in [2.45, 2.75) is 0 Å². The number of morpholine rings is 1. The largest absolute Gasteiger partial charge is 0.483 e. The number of nitrogens with one attached hydrogen (secondary N) is 1. The van der Waals surface area contributed by atoms with E-state index >= 15 is 0 Å². The smallest absolute Gasteiger partial charge is 0.393 e. The van der Waals surface area contributed by atoms with Gasteiger partial charge in [0.15, 0.2) is 6.61 Å². The molecule has 2 aromatic carbocycles. The summed E-state index contributed by atoms with van der Waals surface area (Å²) in [5.41, 5.74) is 0.972. The topological polar surface area (TPSA) is 60.0 Å². The minimum Gasteiger partial charge on any atom is -0.483 e. The number of benzene rings is 2. The highest BCUT2D eigenvalue weighted by molar-refractivity contribution is 6.33. The molecule has 1 N–H and O–H groups in total. The SMILES string of the molecule is COBNc1ccc(OCC(=O)N2CCOCC2)c2ccccc12. The second kappa shape index (κ2) is 8.03. The Morgan fingerprint density at radius 2 is 1.96 bits per heavy atom. The van der Waals surface area contributed by atoms with E-state index in [4.69, 9.17) is 14.1 Å². The van der Waals surface area contributed by atoms with Crippen LogP contribution < -0.4 is 9.96 Å². The Kier molecular flexibility index (Phi) is 5.56. The lowest BCUT2D eigenvalue weighted by Gasteiger charge is -2.26. The summed E-state index contributed by atoms with van der Waals surface area (Å²) in [7, 11) is 2.07. The predicted molar refractivity (Wildman–Crippen MR) is 94.6 cm³/mol. The monoisotopic (exact) mass is 328 g/mol. The maximum Gasteiger partial charge on any atom is 0.393 e. The Balaban J connectivity index is 1.73. The number of carbonyl (C=O) groups excluding carboxylic acids is 1. The van der Waals surface area contributed by atoms with E-state index in [-0.39, 0.29) is 12.5 Å². The highest BCUT2D eigenvalue weighted by Crippen LogP contribution is 2.31. The van der Waals surface area contributed by atoms with Gasteiger partial charge in [-0.2, -0.15) is 0 Å². The fourth-order valence-corrected chi connectivity index (χ4v) is 2.74.